The summed E-state index contributed by atoms with van der Waals surface area (Å²) in [6.07, 6.45) is 1.89. The van der Waals surface area contributed by atoms with E-state index in [-0.39, 0.29) is 81.0 Å². The molecule has 26 nitrogen and oxygen atoms in total. The zero-order valence-corrected chi connectivity index (χ0v) is 57.7. The van der Waals surface area contributed by atoms with E-state index in [2.05, 4.69) is 21.3 Å². The van der Waals surface area contributed by atoms with Crippen LogP contribution in [0.1, 0.15) is 62.2 Å². The third kappa shape index (κ3) is 18.6. The van der Waals surface area contributed by atoms with Gasteiger partial charge < -0.3 is 41.3 Å². The molecule has 2 aliphatic rings. The van der Waals surface area contributed by atoms with Crippen LogP contribution in [0.2, 0.25) is 20.1 Å². The summed E-state index contributed by atoms with van der Waals surface area (Å²) in [5.41, 5.74) is 0.534. The molecule has 2 fully saturated rings. The molecule has 2 saturated heterocycles. The van der Waals surface area contributed by atoms with E-state index < -0.39 is 93.7 Å². The van der Waals surface area contributed by atoms with Gasteiger partial charge in [0.15, 0.2) is 0 Å². The van der Waals surface area contributed by atoms with Crippen molar-refractivity contribution in [3.8, 4) is 0 Å². The monoisotopic (exact) mass is 1450 g/mol. The Bertz CT molecular complexity index is 4340. The van der Waals surface area contributed by atoms with Crippen LogP contribution >= 0.6 is 46.4 Å². The van der Waals surface area contributed by atoms with Gasteiger partial charge in [0.1, 0.15) is 12.6 Å². The van der Waals surface area contributed by atoms with Gasteiger partial charge in [-0.15, -0.1) is 0 Å². The summed E-state index contributed by atoms with van der Waals surface area (Å²) in [6, 6.07) is 27.3. The third-order valence-corrected chi connectivity index (χ3v) is 22.0. The molecular formula is C60H66Cl4N10O16S4. The zero-order valence-electron chi connectivity index (χ0n) is 51.4. The second-order valence-electron chi connectivity index (χ2n) is 22.6. The predicted molar refractivity (Wildman–Crippen MR) is 361 cm³/mol. The molecule has 504 valence electrons. The van der Waals surface area contributed by atoms with Crippen molar-refractivity contribution in [2.75, 3.05) is 115 Å². The van der Waals surface area contributed by atoms with Crippen LogP contribution in [0, 0.1) is 5.41 Å². The summed E-state index contributed by atoms with van der Waals surface area (Å²) < 4.78 is 107. The van der Waals surface area contributed by atoms with Gasteiger partial charge in [-0.25, -0.2) is 38.5 Å². The van der Waals surface area contributed by atoms with Gasteiger partial charge in [-0.2, -0.15) is 8.61 Å². The molecule has 4 amide bonds. The number of halogens is 4. The molecule has 94 heavy (non-hydrogen) atoms. The maximum atomic E-state index is 13.5. The van der Waals surface area contributed by atoms with Crippen molar-refractivity contribution in [2.24, 2.45) is 5.41 Å². The fourth-order valence-corrected chi connectivity index (χ4v) is 14.6. The molecule has 0 saturated carbocycles. The van der Waals surface area contributed by atoms with Gasteiger partial charge in [-0.1, -0.05) is 67.2 Å². The lowest BCUT2D eigenvalue weighted by Gasteiger charge is -2.35. The first-order valence-corrected chi connectivity index (χ1v) is 36.3. The number of nitrogens with one attached hydrogen (secondary N) is 4. The first kappa shape index (κ1) is 73.6. The molecule has 0 radical (unpaired) electrons. The number of benzene rings is 6. The van der Waals surface area contributed by atoms with Crippen molar-refractivity contribution in [2.45, 2.75) is 36.6 Å². The Balaban J connectivity index is 0.000000267. The zero-order chi connectivity index (χ0) is 69.6. The highest BCUT2D eigenvalue weighted by Gasteiger charge is 2.35. The van der Waals surface area contributed by atoms with Crippen molar-refractivity contribution in [3.63, 3.8) is 0 Å². The SMILES string of the molecule is CN(c1ccc(C(=O)NC(C(=O)O)C(C)(C)C)cc1C(=O)Nc1ccc(S(=O)(=O)N2CCN(c3cc(Cl)cc(Cl)c3)CC2)cc1)S(C)(=O)=O.CN(c1ccc(C(=O)NCC(=O)O)cc1C(=O)Nc1ccc(S(=O)(=O)N2CCN(c3cc(Cl)cc(Cl)c3)CC2)cc1)S(C)(=O)=O. The largest absolute Gasteiger partial charge is 0.480 e. The number of sulfonamides is 4. The number of aliphatic carboxylic acids is 2. The summed E-state index contributed by atoms with van der Waals surface area (Å²) in [7, 11) is -12.9. The summed E-state index contributed by atoms with van der Waals surface area (Å²) >= 11 is 24.5. The molecule has 2 heterocycles. The number of hydrogen-bond acceptors (Lipinski definition) is 16. The molecule has 6 aromatic carbocycles. The lowest BCUT2D eigenvalue weighted by Crippen LogP contribution is -2.49. The van der Waals surface area contributed by atoms with E-state index in [1.54, 1.807) is 57.2 Å². The van der Waals surface area contributed by atoms with Gasteiger partial charge >= 0.3 is 11.9 Å². The van der Waals surface area contributed by atoms with Crippen molar-refractivity contribution in [3.05, 3.63) is 164 Å². The fraction of sp³-hybridized carbons (Fsp3) is 0.300. The molecule has 6 N–H and O–H groups in total. The van der Waals surface area contributed by atoms with E-state index >= 15 is 0 Å². The molecule has 1 unspecified atom stereocenters. The summed E-state index contributed by atoms with van der Waals surface area (Å²) in [5, 5.41) is 30.2. The maximum absolute atomic E-state index is 13.5. The number of nitrogens with zero attached hydrogens (tertiary/aromatic N) is 6. The number of carbonyl (C=O) groups is 6. The van der Waals surface area contributed by atoms with Gasteiger partial charge in [0, 0.05) is 120 Å². The van der Waals surface area contributed by atoms with E-state index in [4.69, 9.17) is 51.5 Å². The molecule has 6 aromatic rings. The van der Waals surface area contributed by atoms with Crippen LogP contribution in [0.15, 0.2) is 131 Å². The van der Waals surface area contributed by atoms with Crippen LogP contribution < -0.4 is 39.7 Å². The van der Waals surface area contributed by atoms with Crippen LogP contribution in [-0.4, -0.2) is 180 Å². The molecule has 0 aliphatic carbocycles. The Kier molecular flexibility index (Phi) is 23.4. The van der Waals surface area contributed by atoms with E-state index in [1.165, 1.54) is 102 Å². The van der Waals surface area contributed by atoms with Crippen molar-refractivity contribution >= 4 is 156 Å². The van der Waals surface area contributed by atoms with Gasteiger partial charge in [-0.05, 0) is 127 Å². The second kappa shape index (κ2) is 29.9. The Morgan fingerprint density at radius 3 is 1.14 bits per heavy atom. The van der Waals surface area contributed by atoms with Gasteiger partial charge in [-0.3, -0.25) is 32.6 Å². The average Bonchev–Trinajstić information content (AvgIpc) is 0.810. The lowest BCUT2D eigenvalue weighted by molar-refractivity contribution is -0.142. The topological polar surface area (TPSA) is 347 Å². The van der Waals surface area contributed by atoms with Crippen LogP contribution in [0.5, 0.6) is 0 Å². The van der Waals surface area contributed by atoms with Crippen molar-refractivity contribution in [1.82, 2.24) is 19.2 Å². The second-order valence-corrected chi connectivity index (χ2v) is 32.3. The highest BCUT2D eigenvalue weighted by molar-refractivity contribution is 7.92. The minimum absolute atomic E-state index is 0.00718. The van der Waals surface area contributed by atoms with Crippen molar-refractivity contribution < 1.29 is 72.7 Å². The maximum Gasteiger partial charge on any atom is 0.326 e. The average molecular weight is 1450 g/mol. The first-order valence-electron chi connectivity index (χ1n) is 28.2. The molecule has 1 atom stereocenters. The van der Waals surface area contributed by atoms with E-state index in [9.17, 15) is 67.5 Å². The summed E-state index contributed by atoms with van der Waals surface area (Å²) in [4.78, 5) is 79.0. The molecular weight excluding hydrogens is 1390 g/mol. The normalized spacial score (nSPS) is 14.5. The highest BCUT2D eigenvalue weighted by atomic mass is 35.5. The third-order valence-electron chi connectivity index (χ3n) is 14.9. The number of amides is 4. The van der Waals surface area contributed by atoms with Crippen molar-refractivity contribution in [1.29, 1.82) is 0 Å². The predicted octanol–water partition coefficient (Wildman–Crippen LogP) is 7.35. The molecule has 2 aliphatic heterocycles. The Morgan fingerprint density at radius 2 is 0.830 bits per heavy atom. The van der Waals surface area contributed by atoms with Crippen LogP contribution in [0.4, 0.5) is 34.1 Å². The number of anilines is 6. The number of rotatable bonds is 20. The number of hydrogen-bond donors (Lipinski definition) is 6. The standard InChI is InChI=1S/C32H37Cl2N5O8S2.C28H29Cl2N5O8S2/c1-32(2,3)28(31(42)43)36-29(40)20-6-11-27(37(4)48(5,44)45)26(16-20)30(41)35-23-7-9-25(10-8-23)49(46,47)39-14-12-38(13-15-39)24-18-21(33)17-22(34)19-24;1-33(44(2,40)41)25-8-3-18(27(38)31-17-26(36)37)13-24(25)28(39)32-21-4-6-23(7-5-21)45(42,43)35-11-9-34(10-12-35)22-15-19(29)14-20(30)16-22/h6-11,16-19,28H,12-15H2,1-5H3,(H,35,41)(H,36,40)(H,42,43);3-8,13-16H,9-12,17H2,1-2H3,(H,31,38)(H,32,39)(H,36,37). The fourth-order valence-electron chi connectivity index (χ4n) is 9.68. The van der Waals surface area contributed by atoms with Crippen LogP contribution in [-0.2, 0) is 49.7 Å². The molecule has 0 bridgehead atoms. The smallest absolute Gasteiger partial charge is 0.326 e. The number of carboxylic acids is 2. The Morgan fingerprint density at radius 1 is 0.489 bits per heavy atom. The summed E-state index contributed by atoms with van der Waals surface area (Å²) in [6.45, 7) is 6.81. The number of piperazine rings is 2. The lowest BCUT2D eigenvalue weighted by atomic mass is 9.86. The van der Waals surface area contributed by atoms with Gasteiger partial charge in [0.25, 0.3) is 23.6 Å². The molecule has 34 heteroatoms. The quantitative estimate of drug-likeness (QED) is 0.0435. The molecule has 0 spiro atoms. The van der Waals surface area contributed by atoms with Gasteiger partial charge in [0.2, 0.25) is 40.1 Å². The van der Waals surface area contributed by atoms with E-state index in [0.717, 1.165) is 38.6 Å². The van der Waals surface area contributed by atoms with Crippen LogP contribution in [0.3, 0.4) is 0 Å². The highest BCUT2D eigenvalue weighted by Crippen LogP contribution is 2.32. The Labute approximate surface area is 564 Å². The number of carbonyl (C=O) groups excluding carboxylic acids is 4. The minimum atomic E-state index is -3.88. The number of carboxylic acid groups (broad SMARTS) is 2. The van der Waals surface area contributed by atoms with Crippen LogP contribution in [0.25, 0.3) is 0 Å². The molecule has 0 aromatic heterocycles. The van der Waals surface area contributed by atoms with E-state index in [0.29, 0.717) is 46.3 Å². The molecule has 8 rings (SSSR count). The first-order chi connectivity index (χ1) is 43.7. The Hall–Kier alpha value is -7.78. The minimum Gasteiger partial charge on any atom is -0.480 e. The van der Waals surface area contributed by atoms with Gasteiger partial charge in [0.05, 0.1) is 44.8 Å². The summed E-state index contributed by atoms with van der Waals surface area (Å²) in [5.74, 6) is -5.67. The van der Waals surface area contributed by atoms with E-state index in [1.807, 2.05) is 9.80 Å².